The zero-order chi connectivity index (χ0) is 19.2. The van der Waals surface area contributed by atoms with E-state index in [2.05, 4.69) is 15.2 Å². The lowest BCUT2D eigenvalue weighted by Crippen LogP contribution is -2.46. The van der Waals surface area contributed by atoms with E-state index in [9.17, 15) is 4.79 Å². The van der Waals surface area contributed by atoms with Crippen LogP contribution in [0.15, 0.2) is 29.6 Å². The number of aromatic nitrogens is 1. The monoisotopic (exact) mass is 389 g/mol. The summed E-state index contributed by atoms with van der Waals surface area (Å²) in [5.74, 6) is 0.107. The Morgan fingerprint density at radius 3 is 2.63 bits per heavy atom. The SMILES string of the molecule is CCN(CC(=O)O)C1CCN(Cc2csc(-c3ccc(OC)cc3)n2)CC1. The number of benzene rings is 1. The van der Waals surface area contributed by atoms with Crippen molar-refractivity contribution in [2.75, 3.05) is 33.3 Å². The number of thiazole rings is 1. The molecule has 1 N–H and O–H groups in total. The molecular formula is C20H27N3O3S. The van der Waals surface area contributed by atoms with Crippen LogP contribution in [0.5, 0.6) is 5.75 Å². The minimum absolute atomic E-state index is 0.137. The molecule has 0 aliphatic carbocycles. The van der Waals surface area contributed by atoms with Crippen LogP contribution in [0.25, 0.3) is 10.6 Å². The Morgan fingerprint density at radius 2 is 2.04 bits per heavy atom. The van der Waals surface area contributed by atoms with Gasteiger partial charge in [-0.05, 0) is 43.7 Å². The number of rotatable bonds is 8. The van der Waals surface area contributed by atoms with E-state index < -0.39 is 5.97 Å². The highest BCUT2D eigenvalue weighted by Gasteiger charge is 2.25. The normalized spacial score (nSPS) is 16.0. The maximum absolute atomic E-state index is 11.0. The molecule has 7 heteroatoms. The second-order valence-electron chi connectivity index (χ2n) is 6.84. The fourth-order valence-corrected chi connectivity index (χ4v) is 4.41. The summed E-state index contributed by atoms with van der Waals surface area (Å²) >= 11 is 1.67. The van der Waals surface area contributed by atoms with Gasteiger partial charge in [0.2, 0.25) is 0 Å². The molecule has 2 heterocycles. The van der Waals surface area contributed by atoms with Gasteiger partial charge >= 0.3 is 5.97 Å². The van der Waals surface area contributed by atoms with Crippen LogP contribution in [0, 0.1) is 0 Å². The lowest BCUT2D eigenvalue weighted by atomic mass is 10.0. The molecule has 1 aromatic heterocycles. The Hall–Kier alpha value is -1.96. The van der Waals surface area contributed by atoms with Crippen molar-refractivity contribution in [2.24, 2.45) is 0 Å². The molecule has 1 aliphatic heterocycles. The number of likely N-dealkylation sites (tertiary alicyclic amines) is 1. The van der Waals surface area contributed by atoms with E-state index in [0.29, 0.717) is 6.04 Å². The summed E-state index contributed by atoms with van der Waals surface area (Å²) in [4.78, 5) is 20.3. The molecule has 1 fully saturated rings. The van der Waals surface area contributed by atoms with Crippen LogP contribution < -0.4 is 4.74 Å². The first-order valence-corrected chi connectivity index (χ1v) is 10.2. The van der Waals surface area contributed by atoms with Gasteiger partial charge in [0, 0.05) is 36.6 Å². The van der Waals surface area contributed by atoms with Crippen LogP contribution in [0.2, 0.25) is 0 Å². The number of aliphatic carboxylic acids is 1. The van der Waals surface area contributed by atoms with Crippen LogP contribution in [0.1, 0.15) is 25.5 Å². The highest BCUT2D eigenvalue weighted by atomic mass is 32.1. The maximum Gasteiger partial charge on any atom is 0.317 e. The molecule has 3 rings (SSSR count). The Morgan fingerprint density at radius 1 is 1.33 bits per heavy atom. The van der Waals surface area contributed by atoms with E-state index in [1.54, 1.807) is 18.4 Å². The molecule has 1 saturated heterocycles. The molecule has 6 nitrogen and oxygen atoms in total. The van der Waals surface area contributed by atoms with Crippen LogP contribution in [-0.4, -0.2) is 65.2 Å². The summed E-state index contributed by atoms with van der Waals surface area (Å²) in [6, 6.07) is 8.35. The fourth-order valence-electron chi connectivity index (χ4n) is 3.59. The van der Waals surface area contributed by atoms with E-state index in [1.807, 2.05) is 31.2 Å². The summed E-state index contributed by atoms with van der Waals surface area (Å²) in [5.41, 5.74) is 2.21. The molecule has 146 valence electrons. The van der Waals surface area contributed by atoms with Crippen molar-refractivity contribution >= 4 is 17.3 Å². The highest BCUT2D eigenvalue weighted by Crippen LogP contribution is 2.27. The first kappa shape index (κ1) is 19.8. The number of likely N-dealkylation sites (N-methyl/N-ethyl adjacent to an activating group) is 1. The van der Waals surface area contributed by atoms with Gasteiger partial charge in [-0.3, -0.25) is 14.6 Å². The summed E-state index contributed by atoms with van der Waals surface area (Å²) in [6.07, 6.45) is 2.02. The second-order valence-corrected chi connectivity index (χ2v) is 7.69. The predicted octanol–water partition coefficient (Wildman–Crippen LogP) is 3.19. The van der Waals surface area contributed by atoms with Gasteiger partial charge in [-0.15, -0.1) is 11.3 Å². The van der Waals surface area contributed by atoms with Crippen LogP contribution in [0.4, 0.5) is 0 Å². The largest absolute Gasteiger partial charge is 0.497 e. The molecule has 27 heavy (non-hydrogen) atoms. The number of ether oxygens (including phenoxy) is 1. The molecule has 0 radical (unpaired) electrons. The molecule has 0 bridgehead atoms. The molecule has 0 spiro atoms. The van der Waals surface area contributed by atoms with Gasteiger partial charge in [0.05, 0.1) is 19.3 Å². The third-order valence-electron chi connectivity index (χ3n) is 5.09. The van der Waals surface area contributed by atoms with E-state index in [0.717, 1.165) is 61.0 Å². The lowest BCUT2D eigenvalue weighted by Gasteiger charge is -2.37. The second kappa shape index (κ2) is 9.30. The summed E-state index contributed by atoms with van der Waals surface area (Å²) in [7, 11) is 1.67. The molecule has 0 amide bonds. The molecule has 1 aliphatic rings. The van der Waals surface area contributed by atoms with Crippen LogP contribution in [-0.2, 0) is 11.3 Å². The molecule has 2 aromatic rings. The summed E-state index contributed by atoms with van der Waals surface area (Å²) in [6.45, 7) is 5.77. The Kier molecular flexibility index (Phi) is 6.82. The standard InChI is InChI=1S/C20H27N3O3S/c1-3-23(13-19(24)25)17-8-10-22(11-9-17)12-16-14-27-20(21-16)15-4-6-18(26-2)7-5-15/h4-7,14,17H,3,8-13H2,1-2H3,(H,24,25). The maximum atomic E-state index is 11.0. The van der Waals surface area contributed by atoms with Gasteiger partial charge in [-0.1, -0.05) is 6.92 Å². The van der Waals surface area contributed by atoms with E-state index >= 15 is 0 Å². The minimum atomic E-state index is -0.743. The van der Waals surface area contributed by atoms with E-state index in [-0.39, 0.29) is 6.54 Å². The van der Waals surface area contributed by atoms with Crippen molar-refractivity contribution in [1.82, 2.24) is 14.8 Å². The van der Waals surface area contributed by atoms with Gasteiger partial charge in [0.1, 0.15) is 10.8 Å². The van der Waals surface area contributed by atoms with Gasteiger partial charge in [-0.2, -0.15) is 0 Å². The zero-order valence-electron chi connectivity index (χ0n) is 15.9. The van der Waals surface area contributed by atoms with Crippen molar-refractivity contribution < 1.29 is 14.6 Å². The predicted molar refractivity (Wildman–Crippen MR) is 107 cm³/mol. The number of nitrogens with zero attached hydrogens (tertiary/aromatic N) is 3. The number of hydrogen-bond donors (Lipinski definition) is 1. The molecule has 1 aromatic carbocycles. The molecule has 0 unspecified atom stereocenters. The number of methoxy groups -OCH3 is 1. The van der Waals surface area contributed by atoms with Crippen LogP contribution >= 0.6 is 11.3 Å². The summed E-state index contributed by atoms with van der Waals surface area (Å²) < 4.78 is 5.21. The third-order valence-corrected chi connectivity index (χ3v) is 6.03. The number of carboxylic acid groups (broad SMARTS) is 1. The van der Waals surface area contributed by atoms with Gasteiger partial charge in [-0.25, -0.2) is 4.98 Å². The van der Waals surface area contributed by atoms with Gasteiger partial charge in [0.15, 0.2) is 0 Å². The number of piperidine rings is 1. The fraction of sp³-hybridized carbons (Fsp3) is 0.500. The van der Waals surface area contributed by atoms with Crippen molar-refractivity contribution in [2.45, 2.75) is 32.4 Å². The van der Waals surface area contributed by atoms with Crippen molar-refractivity contribution in [1.29, 1.82) is 0 Å². The Balaban J connectivity index is 1.53. The lowest BCUT2D eigenvalue weighted by molar-refractivity contribution is -0.139. The Bertz CT molecular complexity index is 739. The molecule has 0 saturated carbocycles. The van der Waals surface area contributed by atoms with Gasteiger partial charge in [0.25, 0.3) is 0 Å². The first-order valence-electron chi connectivity index (χ1n) is 9.36. The Labute approximate surface area is 164 Å². The van der Waals surface area contributed by atoms with E-state index in [4.69, 9.17) is 14.8 Å². The molecule has 0 atom stereocenters. The van der Waals surface area contributed by atoms with Crippen molar-refractivity contribution in [3.63, 3.8) is 0 Å². The smallest absolute Gasteiger partial charge is 0.317 e. The summed E-state index contributed by atoms with van der Waals surface area (Å²) in [5, 5.41) is 12.2. The number of carboxylic acids is 1. The van der Waals surface area contributed by atoms with E-state index in [1.165, 1.54) is 0 Å². The van der Waals surface area contributed by atoms with Crippen molar-refractivity contribution in [3.05, 3.63) is 35.3 Å². The quantitative estimate of drug-likeness (QED) is 0.748. The number of hydrogen-bond acceptors (Lipinski definition) is 6. The average Bonchev–Trinajstić information content (AvgIpc) is 3.15. The highest BCUT2D eigenvalue weighted by molar-refractivity contribution is 7.13. The third kappa shape index (κ3) is 5.28. The van der Waals surface area contributed by atoms with Crippen molar-refractivity contribution in [3.8, 4) is 16.3 Å². The number of carbonyl (C=O) groups is 1. The van der Waals surface area contributed by atoms with Crippen LogP contribution in [0.3, 0.4) is 0 Å². The molecular weight excluding hydrogens is 362 g/mol. The van der Waals surface area contributed by atoms with Gasteiger partial charge < -0.3 is 9.84 Å². The zero-order valence-corrected chi connectivity index (χ0v) is 16.7. The minimum Gasteiger partial charge on any atom is -0.497 e. The topological polar surface area (TPSA) is 65.9 Å². The first-order chi connectivity index (χ1) is 13.1. The average molecular weight is 390 g/mol.